The van der Waals surface area contributed by atoms with Crippen LogP contribution in [0, 0.1) is 5.21 Å². The largest absolute Gasteiger partial charge is 0.618 e. The van der Waals surface area contributed by atoms with Crippen LogP contribution in [0.5, 0.6) is 0 Å². The minimum absolute atomic E-state index is 0.0981. The van der Waals surface area contributed by atoms with Crippen LogP contribution in [0.15, 0.2) is 36.9 Å². The molecule has 116 valence electrons. The van der Waals surface area contributed by atoms with E-state index in [0.717, 1.165) is 17.6 Å². The Balaban J connectivity index is 1.78. The van der Waals surface area contributed by atoms with Crippen molar-refractivity contribution in [2.75, 3.05) is 7.05 Å². The summed E-state index contributed by atoms with van der Waals surface area (Å²) in [4.78, 5) is 18.5. The molecule has 2 aromatic heterocycles. The molecule has 1 aliphatic rings. The summed E-state index contributed by atoms with van der Waals surface area (Å²) in [6.07, 6.45) is 10.2. The van der Waals surface area contributed by atoms with Crippen molar-refractivity contribution >= 4 is 6.03 Å². The molecule has 0 radical (unpaired) electrons. The number of aromatic nitrogens is 3. The highest BCUT2D eigenvalue weighted by molar-refractivity contribution is 5.77. The van der Waals surface area contributed by atoms with Gasteiger partial charge in [0.15, 0.2) is 11.9 Å². The van der Waals surface area contributed by atoms with Crippen molar-refractivity contribution in [2.45, 2.75) is 38.1 Å². The third-order valence-electron chi connectivity index (χ3n) is 4.31. The van der Waals surface area contributed by atoms with Crippen molar-refractivity contribution < 1.29 is 9.52 Å². The van der Waals surface area contributed by atoms with Gasteiger partial charge in [0.2, 0.25) is 5.69 Å². The first kappa shape index (κ1) is 14.6. The fourth-order valence-electron chi connectivity index (χ4n) is 2.99. The number of carbonyl (C=O) groups is 1. The Kier molecular flexibility index (Phi) is 4.09. The predicted octanol–water partition coefficient (Wildman–Crippen LogP) is 2.42. The molecule has 6 nitrogen and oxygen atoms in total. The molecule has 1 fully saturated rings. The fraction of sp³-hybridized carbons (Fsp3) is 0.438. The van der Waals surface area contributed by atoms with Gasteiger partial charge in [-0.15, -0.1) is 0 Å². The van der Waals surface area contributed by atoms with Gasteiger partial charge in [-0.25, -0.2) is 9.78 Å². The van der Waals surface area contributed by atoms with Crippen molar-refractivity contribution in [1.29, 1.82) is 0 Å². The maximum atomic E-state index is 12.5. The molecule has 0 atom stereocenters. The van der Waals surface area contributed by atoms with E-state index in [0.29, 0.717) is 17.4 Å². The van der Waals surface area contributed by atoms with Crippen LogP contribution in [0.1, 0.15) is 32.1 Å². The van der Waals surface area contributed by atoms with Crippen LogP contribution in [-0.4, -0.2) is 33.6 Å². The summed E-state index contributed by atoms with van der Waals surface area (Å²) < 4.78 is 2.21. The molecule has 2 aromatic rings. The van der Waals surface area contributed by atoms with Crippen LogP contribution in [-0.2, 0) is 0 Å². The zero-order valence-electron chi connectivity index (χ0n) is 12.7. The third-order valence-corrected chi connectivity index (χ3v) is 4.31. The number of hydrogen-bond donors (Lipinski definition) is 0. The van der Waals surface area contributed by atoms with Crippen LogP contribution in [0.4, 0.5) is 4.79 Å². The summed E-state index contributed by atoms with van der Waals surface area (Å²) in [6, 6.07) is 5.33. The minimum atomic E-state index is -0.0981. The van der Waals surface area contributed by atoms with E-state index in [-0.39, 0.29) is 6.03 Å². The molecule has 0 N–H and O–H groups in total. The van der Waals surface area contributed by atoms with Gasteiger partial charge in [-0.1, -0.05) is 19.3 Å². The first-order valence-corrected chi connectivity index (χ1v) is 7.66. The lowest BCUT2D eigenvalue weighted by Gasteiger charge is -2.30. The van der Waals surface area contributed by atoms with Gasteiger partial charge in [-0.3, -0.25) is 4.57 Å². The van der Waals surface area contributed by atoms with Crippen molar-refractivity contribution in [2.24, 2.45) is 0 Å². The second-order valence-electron chi connectivity index (χ2n) is 5.76. The molecule has 1 saturated carbocycles. The Morgan fingerprint density at radius 3 is 2.86 bits per heavy atom. The Bertz CT molecular complexity index is 662. The van der Waals surface area contributed by atoms with E-state index in [1.807, 2.05) is 7.05 Å². The van der Waals surface area contributed by atoms with Gasteiger partial charge >= 0.3 is 6.03 Å². The lowest BCUT2D eigenvalue weighted by molar-refractivity contribution is -0.593. The van der Waals surface area contributed by atoms with E-state index >= 15 is 0 Å². The third kappa shape index (κ3) is 2.81. The van der Waals surface area contributed by atoms with E-state index < -0.39 is 0 Å². The topological polar surface area (TPSA) is 65.1 Å². The molecular formula is C16H20N4O2. The summed E-state index contributed by atoms with van der Waals surface area (Å²) in [5.41, 5.74) is 0.940. The van der Waals surface area contributed by atoms with Crippen LogP contribution >= 0.6 is 0 Å². The Morgan fingerprint density at radius 1 is 1.36 bits per heavy atom. The van der Waals surface area contributed by atoms with Crippen molar-refractivity contribution in [1.82, 2.24) is 14.5 Å². The fourth-order valence-corrected chi connectivity index (χ4v) is 2.99. The number of pyridine rings is 1. The average molecular weight is 300 g/mol. The Labute approximate surface area is 129 Å². The van der Waals surface area contributed by atoms with Crippen LogP contribution < -0.4 is 4.73 Å². The van der Waals surface area contributed by atoms with Gasteiger partial charge in [0, 0.05) is 31.4 Å². The van der Waals surface area contributed by atoms with E-state index in [9.17, 15) is 10.0 Å². The first-order valence-electron chi connectivity index (χ1n) is 7.66. The highest BCUT2D eigenvalue weighted by Crippen LogP contribution is 2.22. The zero-order chi connectivity index (χ0) is 15.5. The van der Waals surface area contributed by atoms with Gasteiger partial charge in [-0.05, 0) is 18.9 Å². The van der Waals surface area contributed by atoms with Crippen LogP contribution in [0.2, 0.25) is 0 Å². The maximum Gasteiger partial charge on any atom is 0.329 e. The lowest BCUT2D eigenvalue weighted by atomic mass is 9.95. The maximum absolute atomic E-state index is 12.5. The van der Waals surface area contributed by atoms with Crippen molar-refractivity contribution in [3.05, 3.63) is 42.1 Å². The van der Waals surface area contributed by atoms with Gasteiger partial charge in [0.25, 0.3) is 0 Å². The lowest BCUT2D eigenvalue weighted by Crippen LogP contribution is -2.40. The summed E-state index contributed by atoms with van der Waals surface area (Å²) in [5.74, 6) is 0. The predicted molar refractivity (Wildman–Crippen MR) is 82.1 cm³/mol. The van der Waals surface area contributed by atoms with Gasteiger partial charge < -0.3 is 10.1 Å². The van der Waals surface area contributed by atoms with E-state index in [4.69, 9.17) is 0 Å². The normalized spacial score (nSPS) is 15.7. The van der Waals surface area contributed by atoms with Gasteiger partial charge in [0.1, 0.15) is 6.33 Å². The molecule has 0 spiro atoms. The number of rotatable bonds is 2. The molecule has 1 amide bonds. The number of carbonyl (C=O) groups excluding carboxylic acids is 1. The smallest absolute Gasteiger partial charge is 0.329 e. The average Bonchev–Trinajstić information content (AvgIpc) is 3.04. The molecule has 0 unspecified atom stereocenters. The first-order chi connectivity index (χ1) is 10.7. The van der Waals surface area contributed by atoms with Crippen molar-refractivity contribution in [3.8, 4) is 11.4 Å². The van der Waals surface area contributed by atoms with Gasteiger partial charge in [0.05, 0.1) is 0 Å². The molecule has 1 aliphatic carbocycles. The molecule has 2 heterocycles. The highest BCUT2D eigenvalue weighted by atomic mass is 16.5. The second-order valence-corrected chi connectivity index (χ2v) is 5.76. The molecule has 6 heteroatoms. The zero-order valence-corrected chi connectivity index (χ0v) is 12.7. The quantitative estimate of drug-likeness (QED) is 0.632. The minimum Gasteiger partial charge on any atom is -0.618 e. The monoisotopic (exact) mass is 300 g/mol. The summed E-state index contributed by atoms with van der Waals surface area (Å²) >= 11 is 0. The molecule has 3 rings (SSSR count). The number of amides is 1. The number of nitrogens with zero attached hydrogens (tertiary/aromatic N) is 4. The standard InChI is InChI=1S/C16H20N4O2/c1-18(13-7-3-2-4-8-13)16(21)19-11-14(17-12-19)15-9-5-6-10-20(15)22/h5-6,9-13H,2-4,7-8H2,1H3. The summed E-state index contributed by atoms with van der Waals surface area (Å²) in [7, 11) is 1.84. The number of imidazole rings is 1. The SMILES string of the molecule is CN(C(=O)n1cnc(-c2cccc[n+]2[O-])c1)C1CCCCC1. The van der Waals surface area contributed by atoms with Crippen molar-refractivity contribution in [3.63, 3.8) is 0 Å². The van der Waals surface area contributed by atoms with E-state index in [1.54, 1.807) is 29.3 Å². The molecule has 0 aromatic carbocycles. The van der Waals surface area contributed by atoms with Crippen LogP contribution in [0.25, 0.3) is 11.4 Å². The molecule has 0 bridgehead atoms. The highest BCUT2D eigenvalue weighted by Gasteiger charge is 2.23. The van der Waals surface area contributed by atoms with E-state index in [1.165, 1.54) is 36.4 Å². The Hall–Kier alpha value is -2.37. The summed E-state index contributed by atoms with van der Waals surface area (Å²) in [5, 5.41) is 11.8. The second kappa shape index (κ2) is 6.17. The number of hydrogen-bond acceptors (Lipinski definition) is 3. The molecule has 0 aliphatic heterocycles. The molecular weight excluding hydrogens is 280 g/mol. The molecule has 22 heavy (non-hydrogen) atoms. The van der Waals surface area contributed by atoms with Gasteiger partial charge in [-0.2, -0.15) is 4.73 Å². The van der Waals surface area contributed by atoms with Crippen LogP contribution in [0.3, 0.4) is 0 Å². The van der Waals surface area contributed by atoms with E-state index in [2.05, 4.69) is 4.98 Å². The summed E-state index contributed by atoms with van der Waals surface area (Å²) in [6.45, 7) is 0. The Morgan fingerprint density at radius 2 is 2.14 bits per heavy atom. The molecule has 0 saturated heterocycles.